The number of nitrogen functional groups attached to an aromatic ring is 1. The summed E-state index contributed by atoms with van der Waals surface area (Å²) in [6, 6.07) is 11.9. The minimum atomic E-state index is -1.44. The molecule has 0 saturated heterocycles. The highest BCUT2D eigenvalue weighted by Crippen LogP contribution is 2.23. The zero-order valence-corrected chi connectivity index (χ0v) is 14.0. The number of amides is 1. The van der Waals surface area contributed by atoms with Gasteiger partial charge >= 0.3 is 0 Å². The Labute approximate surface area is 138 Å². The summed E-state index contributed by atoms with van der Waals surface area (Å²) in [5, 5.41) is 3.08. The van der Waals surface area contributed by atoms with Crippen molar-refractivity contribution in [1.82, 2.24) is 0 Å². The average molecular weight is 388 g/mol. The Balaban J connectivity index is 2.07. The van der Waals surface area contributed by atoms with E-state index in [-0.39, 0.29) is 5.75 Å². The Bertz CT molecular complexity index is 709. The van der Waals surface area contributed by atoms with Crippen molar-refractivity contribution in [3.05, 3.63) is 52.0 Å². The number of hydrogen-bond donors (Lipinski definition) is 2. The van der Waals surface area contributed by atoms with Gasteiger partial charge < -0.3 is 11.1 Å². The number of nitrogens with one attached hydrogen (secondary N) is 1. The second kappa shape index (κ2) is 7.06. The van der Waals surface area contributed by atoms with Crippen molar-refractivity contribution >= 4 is 55.6 Å². The number of halogens is 2. The summed E-state index contributed by atoms with van der Waals surface area (Å²) in [6.07, 6.45) is 0. The minimum absolute atomic E-state index is 0.158. The minimum Gasteiger partial charge on any atom is -0.397 e. The summed E-state index contributed by atoms with van der Waals surface area (Å²) in [6.45, 7) is 0. The second-order valence-corrected chi connectivity index (χ2v) is 6.91. The Morgan fingerprint density at radius 3 is 2.71 bits per heavy atom. The van der Waals surface area contributed by atoms with E-state index < -0.39 is 16.7 Å². The third-order valence-corrected chi connectivity index (χ3v) is 5.19. The summed E-state index contributed by atoms with van der Waals surface area (Å²) in [5.74, 6) is -0.549. The molecule has 0 aromatic heterocycles. The van der Waals surface area contributed by atoms with Crippen LogP contribution in [0.1, 0.15) is 0 Å². The van der Waals surface area contributed by atoms with Crippen LogP contribution in [0.15, 0.2) is 51.8 Å². The van der Waals surface area contributed by atoms with Gasteiger partial charge in [-0.05, 0) is 46.3 Å². The van der Waals surface area contributed by atoms with E-state index in [0.717, 1.165) is 0 Å². The fraction of sp³-hybridized carbons (Fsp3) is 0.0714. The number of rotatable bonds is 4. The molecular formula is C14H12BrClN2O2S. The normalized spacial score (nSPS) is 11.9. The third kappa shape index (κ3) is 4.30. The summed E-state index contributed by atoms with van der Waals surface area (Å²) >= 11 is 9.16. The Kier molecular flexibility index (Phi) is 5.39. The molecule has 0 spiro atoms. The predicted molar refractivity (Wildman–Crippen MR) is 89.9 cm³/mol. The molecule has 1 atom stereocenters. The van der Waals surface area contributed by atoms with Crippen LogP contribution in [0.3, 0.4) is 0 Å². The van der Waals surface area contributed by atoms with Crippen LogP contribution in [0.25, 0.3) is 0 Å². The predicted octanol–water partition coefficient (Wildman–Crippen LogP) is 3.43. The molecule has 2 rings (SSSR count). The summed E-state index contributed by atoms with van der Waals surface area (Å²) in [7, 11) is -1.44. The molecule has 0 aliphatic heterocycles. The molecule has 0 aliphatic carbocycles. The van der Waals surface area contributed by atoms with Crippen LogP contribution in [0.5, 0.6) is 0 Å². The molecule has 7 heteroatoms. The fourth-order valence-electron chi connectivity index (χ4n) is 1.65. The summed E-state index contributed by atoms with van der Waals surface area (Å²) in [5.41, 5.74) is 6.56. The number of nitrogens with two attached hydrogens (primary N) is 1. The number of carbonyl (C=O) groups excluding carboxylic acids is 1. The fourth-order valence-corrected chi connectivity index (χ4v) is 3.63. The van der Waals surface area contributed by atoms with Gasteiger partial charge in [-0.1, -0.05) is 23.7 Å². The zero-order valence-electron chi connectivity index (χ0n) is 10.8. The lowest BCUT2D eigenvalue weighted by atomic mass is 10.2. The largest absolute Gasteiger partial charge is 0.397 e. The molecule has 0 bridgehead atoms. The molecule has 0 fully saturated rings. The number of carbonyl (C=O) groups is 1. The van der Waals surface area contributed by atoms with E-state index in [2.05, 4.69) is 21.2 Å². The standard InChI is InChI=1S/C14H12BrClN2O2S/c15-10-3-1-2-4-13(10)21(20)8-14(19)18-12-7-9(16)5-6-11(12)17/h1-7H,8,17H2,(H,18,19). The Morgan fingerprint density at radius 2 is 2.00 bits per heavy atom. The molecule has 0 radical (unpaired) electrons. The first-order valence-corrected chi connectivity index (χ1v) is 8.44. The van der Waals surface area contributed by atoms with Crippen molar-refractivity contribution in [2.45, 2.75) is 4.90 Å². The van der Waals surface area contributed by atoms with Crippen LogP contribution in [-0.4, -0.2) is 15.9 Å². The summed E-state index contributed by atoms with van der Waals surface area (Å²) in [4.78, 5) is 12.5. The molecule has 3 N–H and O–H groups in total. The van der Waals surface area contributed by atoms with E-state index in [4.69, 9.17) is 17.3 Å². The van der Waals surface area contributed by atoms with Gasteiger partial charge in [-0.15, -0.1) is 0 Å². The molecule has 2 aromatic rings. The quantitative estimate of drug-likeness (QED) is 0.789. The number of benzene rings is 2. The van der Waals surface area contributed by atoms with Gasteiger partial charge in [0.15, 0.2) is 0 Å². The maximum Gasteiger partial charge on any atom is 0.237 e. The van der Waals surface area contributed by atoms with E-state index in [1.54, 1.807) is 36.4 Å². The van der Waals surface area contributed by atoms with Crippen LogP contribution in [0.4, 0.5) is 11.4 Å². The highest BCUT2D eigenvalue weighted by molar-refractivity contribution is 9.10. The van der Waals surface area contributed by atoms with Crippen molar-refractivity contribution in [3.63, 3.8) is 0 Å². The van der Waals surface area contributed by atoms with Crippen LogP contribution >= 0.6 is 27.5 Å². The molecule has 110 valence electrons. The number of anilines is 2. The van der Waals surface area contributed by atoms with Crippen LogP contribution in [0, 0.1) is 0 Å². The zero-order chi connectivity index (χ0) is 15.4. The molecule has 1 amide bonds. The number of hydrogen-bond acceptors (Lipinski definition) is 3. The van der Waals surface area contributed by atoms with Gasteiger partial charge in [-0.2, -0.15) is 0 Å². The Hall–Kier alpha value is -1.37. The molecule has 0 aliphatic rings. The Morgan fingerprint density at radius 1 is 1.29 bits per heavy atom. The second-order valence-electron chi connectivity index (χ2n) is 4.20. The monoisotopic (exact) mass is 386 g/mol. The van der Waals surface area contributed by atoms with Crippen LogP contribution < -0.4 is 11.1 Å². The first-order chi connectivity index (χ1) is 9.97. The van der Waals surface area contributed by atoms with Crippen molar-refractivity contribution in [2.75, 3.05) is 16.8 Å². The lowest BCUT2D eigenvalue weighted by Gasteiger charge is -2.09. The van der Waals surface area contributed by atoms with Crippen molar-refractivity contribution < 1.29 is 9.00 Å². The molecule has 1 unspecified atom stereocenters. The van der Waals surface area contributed by atoms with Gasteiger partial charge in [0.05, 0.1) is 27.1 Å². The summed E-state index contributed by atoms with van der Waals surface area (Å²) < 4.78 is 12.9. The van der Waals surface area contributed by atoms with Crippen molar-refractivity contribution in [1.29, 1.82) is 0 Å². The molecule has 0 heterocycles. The lowest BCUT2D eigenvalue weighted by Crippen LogP contribution is -2.20. The van der Waals surface area contributed by atoms with Crippen LogP contribution in [0.2, 0.25) is 5.02 Å². The molecule has 0 saturated carbocycles. The topological polar surface area (TPSA) is 72.2 Å². The average Bonchev–Trinajstić information content (AvgIpc) is 2.43. The van der Waals surface area contributed by atoms with Gasteiger partial charge in [-0.3, -0.25) is 9.00 Å². The highest BCUT2D eigenvalue weighted by atomic mass is 79.9. The van der Waals surface area contributed by atoms with Crippen molar-refractivity contribution in [3.8, 4) is 0 Å². The van der Waals surface area contributed by atoms with E-state index in [9.17, 15) is 9.00 Å². The van der Waals surface area contributed by atoms with E-state index in [0.29, 0.717) is 25.8 Å². The van der Waals surface area contributed by atoms with E-state index >= 15 is 0 Å². The molecule has 2 aromatic carbocycles. The van der Waals surface area contributed by atoms with E-state index in [1.165, 1.54) is 0 Å². The van der Waals surface area contributed by atoms with E-state index in [1.807, 2.05) is 6.07 Å². The highest BCUT2D eigenvalue weighted by Gasteiger charge is 2.13. The SMILES string of the molecule is Nc1ccc(Cl)cc1NC(=O)CS(=O)c1ccccc1Br. The maximum atomic E-state index is 12.2. The third-order valence-electron chi connectivity index (χ3n) is 2.63. The van der Waals surface area contributed by atoms with Gasteiger partial charge in [-0.25, -0.2) is 0 Å². The smallest absolute Gasteiger partial charge is 0.237 e. The van der Waals surface area contributed by atoms with Gasteiger partial charge in [0, 0.05) is 9.50 Å². The van der Waals surface area contributed by atoms with Crippen LogP contribution in [-0.2, 0) is 15.6 Å². The molecule has 21 heavy (non-hydrogen) atoms. The first-order valence-electron chi connectivity index (χ1n) is 5.95. The lowest BCUT2D eigenvalue weighted by molar-refractivity contribution is -0.113. The molecular weight excluding hydrogens is 376 g/mol. The maximum absolute atomic E-state index is 12.2. The van der Waals surface area contributed by atoms with Gasteiger partial charge in [0.25, 0.3) is 0 Å². The first kappa shape index (κ1) is 16.0. The van der Waals surface area contributed by atoms with Gasteiger partial charge in [0.2, 0.25) is 5.91 Å². The molecule has 4 nitrogen and oxygen atoms in total. The van der Waals surface area contributed by atoms with Gasteiger partial charge in [0.1, 0.15) is 5.75 Å². The van der Waals surface area contributed by atoms with Crippen molar-refractivity contribution in [2.24, 2.45) is 0 Å².